The molecule has 0 spiro atoms. The Morgan fingerprint density at radius 2 is 1.91 bits per heavy atom. The summed E-state index contributed by atoms with van der Waals surface area (Å²) in [6, 6.07) is 8.61. The van der Waals surface area contributed by atoms with Crippen LogP contribution in [0.15, 0.2) is 36.5 Å². The van der Waals surface area contributed by atoms with Crippen molar-refractivity contribution in [1.82, 2.24) is 9.88 Å². The molecule has 0 aliphatic carbocycles. The molecule has 1 N–H and O–H groups in total. The number of hydrogen-bond donors (Lipinski definition) is 1. The summed E-state index contributed by atoms with van der Waals surface area (Å²) in [5.74, 6) is -0.607. The third-order valence-electron chi connectivity index (χ3n) is 3.33. The maximum absolute atomic E-state index is 13.9. The molecule has 0 saturated heterocycles. The minimum Gasteiger partial charge on any atom is -0.368 e. The van der Waals surface area contributed by atoms with E-state index in [1.165, 1.54) is 24.4 Å². The summed E-state index contributed by atoms with van der Waals surface area (Å²) >= 11 is 0. The van der Waals surface area contributed by atoms with Gasteiger partial charge in [-0.25, -0.2) is 13.8 Å². The fourth-order valence-electron chi connectivity index (χ4n) is 2.14. The van der Waals surface area contributed by atoms with Gasteiger partial charge in [-0.1, -0.05) is 6.07 Å². The topological polar surface area (TPSA) is 52.0 Å². The van der Waals surface area contributed by atoms with Gasteiger partial charge in [-0.2, -0.15) is 5.26 Å². The molecule has 1 heterocycles. The van der Waals surface area contributed by atoms with Crippen molar-refractivity contribution in [2.75, 3.05) is 26.0 Å². The van der Waals surface area contributed by atoms with Gasteiger partial charge in [-0.15, -0.1) is 0 Å². The summed E-state index contributed by atoms with van der Waals surface area (Å²) in [4.78, 5) is 5.81. The maximum Gasteiger partial charge on any atom is 0.130 e. The van der Waals surface area contributed by atoms with Gasteiger partial charge in [0.25, 0.3) is 0 Å². The molecule has 0 aliphatic rings. The predicted molar refractivity (Wildman–Crippen MR) is 80.2 cm³/mol. The molecule has 6 heteroatoms. The van der Waals surface area contributed by atoms with Gasteiger partial charge < -0.3 is 10.2 Å². The van der Waals surface area contributed by atoms with E-state index in [-0.39, 0.29) is 12.1 Å². The van der Waals surface area contributed by atoms with E-state index >= 15 is 0 Å². The van der Waals surface area contributed by atoms with Crippen molar-refractivity contribution >= 4 is 5.82 Å². The largest absolute Gasteiger partial charge is 0.368 e. The average molecular weight is 302 g/mol. The van der Waals surface area contributed by atoms with Crippen LogP contribution in [0.5, 0.6) is 0 Å². The van der Waals surface area contributed by atoms with Crippen LogP contribution in [-0.4, -0.2) is 30.5 Å². The molecule has 2 rings (SSSR count). The summed E-state index contributed by atoms with van der Waals surface area (Å²) in [6.07, 6.45) is 1.44. The average Bonchev–Trinajstić information content (AvgIpc) is 2.50. The molecule has 0 amide bonds. The van der Waals surface area contributed by atoms with E-state index < -0.39 is 17.7 Å². The second kappa shape index (κ2) is 6.96. The third-order valence-corrected chi connectivity index (χ3v) is 3.33. The molecule has 2 aromatic rings. The van der Waals surface area contributed by atoms with Crippen LogP contribution in [0.25, 0.3) is 0 Å². The van der Waals surface area contributed by atoms with Crippen molar-refractivity contribution in [2.45, 2.75) is 6.04 Å². The molecule has 0 saturated carbocycles. The highest BCUT2D eigenvalue weighted by molar-refractivity contribution is 5.39. The summed E-state index contributed by atoms with van der Waals surface area (Å²) in [5.41, 5.74) is 0.475. The van der Waals surface area contributed by atoms with E-state index in [9.17, 15) is 8.78 Å². The lowest BCUT2D eigenvalue weighted by molar-refractivity contribution is 0.295. The van der Waals surface area contributed by atoms with E-state index in [0.29, 0.717) is 11.4 Å². The second-order valence-corrected chi connectivity index (χ2v) is 5.04. The number of halogens is 2. The van der Waals surface area contributed by atoms with Crippen LogP contribution < -0.4 is 5.32 Å². The lowest BCUT2D eigenvalue weighted by Crippen LogP contribution is -2.28. The Labute approximate surface area is 128 Å². The predicted octanol–water partition coefficient (Wildman–Crippen LogP) is 2.95. The molecular weight excluding hydrogens is 286 g/mol. The first-order valence-corrected chi connectivity index (χ1v) is 6.73. The molecule has 1 aromatic heterocycles. The van der Waals surface area contributed by atoms with E-state index in [0.717, 1.165) is 0 Å². The SMILES string of the molecule is CN(C)[C@@H](CNc1ccc(C#N)cn1)c1c(F)cccc1F. The Morgan fingerprint density at radius 1 is 1.23 bits per heavy atom. The highest BCUT2D eigenvalue weighted by Gasteiger charge is 2.22. The van der Waals surface area contributed by atoms with E-state index in [1.54, 1.807) is 31.1 Å². The zero-order valence-corrected chi connectivity index (χ0v) is 12.3. The van der Waals surface area contributed by atoms with Crippen molar-refractivity contribution in [3.8, 4) is 6.07 Å². The number of aromatic nitrogens is 1. The first kappa shape index (κ1) is 15.9. The number of benzene rings is 1. The number of anilines is 1. The Bertz CT molecular complexity index is 657. The fraction of sp³-hybridized carbons (Fsp3) is 0.250. The number of rotatable bonds is 5. The van der Waals surface area contributed by atoms with Crippen molar-refractivity contribution in [2.24, 2.45) is 0 Å². The van der Waals surface area contributed by atoms with Gasteiger partial charge >= 0.3 is 0 Å². The molecule has 0 bridgehead atoms. The summed E-state index contributed by atoms with van der Waals surface area (Å²) < 4.78 is 27.9. The van der Waals surface area contributed by atoms with Crippen molar-refractivity contribution in [3.63, 3.8) is 0 Å². The number of hydrogen-bond acceptors (Lipinski definition) is 4. The van der Waals surface area contributed by atoms with Gasteiger partial charge in [-0.05, 0) is 38.4 Å². The van der Waals surface area contributed by atoms with Crippen molar-refractivity contribution < 1.29 is 8.78 Å². The molecule has 4 nitrogen and oxygen atoms in total. The number of nitriles is 1. The summed E-state index contributed by atoms with van der Waals surface area (Å²) in [5, 5.41) is 11.8. The minimum absolute atomic E-state index is 0.0219. The lowest BCUT2D eigenvalue weighted by atomic mass is 10.0. The maximum atomic E-state index is 13.9. The first-order chi connectivity index (χ1) is 10.5. The van der Waals surface area contributed by atoms with Crippen molar-refractivity contribution in [1.29, 1.82) is 5.26 Å². The van der Waals surface area contributed by atoms with E-state index in [4.69, 9.17) is 5.26 Å². The molecule has 1 atom stereocenters. The molecule has 0 aliphatic heterocycles. The molecule has 0 fully saturated rings. The van der Waals surface area contributed by atoms with Crippen LogP contribution in [0.3, 0.4) is 0 Å². The van der Waals surface area contributed by atoms with Gasteiger partial charge in [0.2, 0.25) is 0 Å². The monoisotopic (exact) mass is 302 g/mol. The first-order valence-electron chi connectivity index (χ1n) is 6.73. The quantitative estimate of drug-likeness (QED) is 0.922. The molecular formula is C16H16F2N4. The number of nitrogens with one attached hydrogen (secondary N) is 1. The zero-order valence-electron chi connectivity index (χ0n) is 12.3. The third kappa shape index (κ3) is 3.57. The van der Waals surface area contributed by atoms with Gasteiger partial charge in [0.15, 0.2) is 0 Å². The van der Waals surface area contributed by atoms with Crippen LogP contribution in [0.4, 0.5) is 14.6 Å². The van der Waals surface area contributed by atoms with E-state index in [2.05, 4.69) is 10.3 Å². The van der Waals surface area contributed by atoms with Crippen molar-refractivity contribution in [3.05, 3.63) is 59.3 Å². The van der Waals surface area contributed by atoms with Gasteiger partial charge in [0.05, 0.1) is 11.6 Å². The van der Waals surface area contributed by atoms with Crippen LogP contribution in [0.2, 0.25) is 0 Å². The smallest absolute Gasteiger partial charge is 0.130 e. The second-order valence-electron chi connectivity index (χ2n) is 5.04. The Hall–Kier alpha value is -2.52. The molecule has 0 radical (unpaired) electrons. The van der Waals surface area contributed by atoms with Gasteiger partial charge in [0, 0.05) is 18.3 Å². The van der Waals surface area contributed by atoms with Crippen LogP contribution >= 0.6 is 0 Å². The molecule has 114 valence electrons. The van der Waals surface area contributed by atoms with Crippen LogP contribution in [-0.2, 0) is 0 Å². The summed E-state index contributed by atoms with van der Waals surface area (Å²) in [6.45, 7) is 0.282. The van der Waals surface area contributed by atoms with Gasteiger partial charge in [0.1, 0.15) is 23.5 Å². The van der Waals surface area contributed by atoms with Gasteiger partial charge in [-0.3, -0.25) is 0 Å². The van der Waals surface area contributed by atoms with Crippen LogP contribution in [0, 0.1) is 23.0 Å². The minimum atomic E-state index is -0.576. The van der Waals surface area contributed by atoms with E-state index in [1.807, 2.05) is 6.07 Å². The standard InChI is InChI=1S/C16H16F2N4/c1-22(2)14(16-12(17)4-3-5-13(16)18)10-21-15-7-6-11(8-19)9-20-15/h3-7,9,14H,10H2,1-2H3,(H,20,21)/t14-/m0/s1. The zero-order chi connectivity index (χ0) is 16.1. The molecule has 22 heavy (non-hydrogen) atoms. The number of nitrogens with zero attached hydrogens (tertiary/aromatic N) is 3. The number of pyridine rings is 1. The molecule has 1 aromatic carbocycles. The Morgan fingerprint density at radius 3 is 2.41 bits per heavy atom. The van der Waals surface area contributed by atoms with Crippen LogP contribution in [0.1, 0.15) is 17.2 Å². The number of likely N-dealkylation sites (N-methyl/N-ethyl adjacent to an activating group) is 1. The fourth-order valence-corrected chi connectivity index (χ4v) is 2.14. The normalized spacial score (nSPS) is 12.0. The Balaban J connectivity index is 2.17. The summed E-state index contributed by atoms with van der Waals surface area (Å²) in [7, 11) is 3.51. The lowest BCUT2D eigenvalue weighted by Gasteiger charge is -2.26. The highest BCUT2D eigenvalue weighted by atomic mass is 19.1. The highest BCUT2D eigenvalue weighted by Crippen LogP contribution is 2.24. The molecule has 0 unspecified atom stereocenters. The Kier molecular flexibility index (Phi) is 5.02.